The Kier molecular flexibility index (Phi) is 2.74. The van der Waals surface area contributed by atoms with Crippen molar-refractivity contribution in [3.63, 3.8) is 0 Å². The molecule has 0 saturated carbocycles. The molecule has 1 aliphatic carbocycles. The molecule has 0 fully saturated rings. The Labute approximate surface area is 109 Å². The Morgan fingerprint density at radius 3 is 3.00 bits per heavy atom. The highest BCUT2D eigenvalue weighted by molar-refractivity contribution is 5.70. The zero-order valence-electron chi connectivity index (χ0n) is 10.2. The third kappa shape index (κ3) is 2.19. The lowest BCUT2D eigenvalue weighted by molar-refractivity contribution is -0.142. The Morgan fingerprint density at radius 2 is 2.26 bits per heavy atom. The zero-order valence-corrected chi connectivity index (χ0v) is 10.2. The number of carboxylic acid groups (broad SMARTS) is 1. The maximum atomic E-state index is 11.0. The number of rotatable bonds is 2. The maximum absolute atomic E-state index is 11.0. The van der Waals surface area contributed by atoms with Gasteiger partial charge in [-0.1, -0.05) is 6.07 Å². The van der Waals surface area contributed by atoms with Crippen LogP contribution in [0.1, 0.15) is 17.9 Å². The molecule has 2 aromatic rings. The normalized spacial score (nSPS) is 18.0. The summed E-state index contributed by atoms with van der Waals surface area (Å²) in [5.41, 5.74) is 1.53. The smallest absolute Gasteiger partial charge is 0.306 e. The number of carbonyl (C=O) groups is 1. The molecule has 1 aromatic carbocycles. The van der Waals surface area contributed by atoms with Crippen LogP contribution in [0.15, 0.2) is 28.7 Å². The Hall–Kier alpha value is -2.30. The predicted octanol–water partition coefficient (Wildman–Crippen LogP) is 2.24. The first-order chi connectivity index (χ1) is 9.13. The fraction of sp³-hybridized carbons (Fsp3) is 0.286. The highest BCUT2D eigenvalue weighted by atomic mass is 16.4. The Balaban J connectivity index is 1.93. The lowest BCUT2D eigenvalue weighted by atomic mass is 9.91. The van der Waals surface area contributed by atoms with E-state index in [1.165, 1.54) is 0 Å². The monoisotopic (exact) mass is 259 g/mol. The third-order valence-electron chi connectivity index (χ3n) is 3.38. The summed E-state index contributed by atoms with van der Waals surface area (Å²) in [5.74, 6) is 0.0550. The SMILES string of the molecule is O=C(O)C1CCc2nc(-c3cccc(O)c3)oc2C1. The number of oxazole rings is 1. The van der Waals surface area contributed by atoms with Gasteiger partial charge in [0.1, 0.15) is 11.5 Å². The van der Waals surface area contributed by atoms with Gasteiger partial charge in [-0.15, -0.1) is 0 Å². The van der Waals surface area contributed by atoms with Crippen molar-refractivity contribution in [3.05, 3.63) is 35.7 Å². The molecule has 0 spiro atoms. The minimum Gasteiger partial charge on any atom is -0.508 e. The van der Waals surface area contributed by atoms with E-state index >= 15 is 0 Å². The zero-order chi connectivity index (χ0) is 13.4. The molecule has 5 nitrogen and oxygen atoms in total. The van der Waals surface area contributed by atoms with E-state index in [-0.39, 0.29) is 5.75 Å². The van der Waals surface area contributed by atoms with Gasteiger partial charge >= 0.3 is 5.97 Å². The molecule has 0 aliphatic heterocycles. The summed E-state index contributed by atoms with van der Waals surface area (Å²) < 4.78 is 5.64. The quantitative estimate of drug-likeness (QED) is 0.864. The molecule has 1 unspecified atom stereocenters. The van der Waals surface area contributed by atoms with E-state index in [1.807, 2.05) is 0 Å². The van der Waals surface area contributed by atoms with E-state index in [1.54, 1.807) is 24.3 Å². The fourth-order valence-corrected chi connectivity index (χ4v) is 2.35. The maximum Gasteiger partial charge on any atom is 0.306 e. The van der Waals surface area contributed by atoms with Gasteiger partial charge in [0.2, 0.25) is 5.89 Å². The van der Waals surface area contributed by atoms with Crippen LogP contribution in [-0.2, 0) is 17.6 Å². The van der Waals surface area contributed by atoms with Gasteiger partial charge in [0.15, 0.2) is 0 Å². The summed E-state index contributed by atoms with van der Waals surface area (Å²) in [5, 5.41) is 18.5. The van der Waals surface area contributed by atoms with E-state index in [0.717, 1.165) is 5.69 Å². The van der Waals surface area contributed by atoms with Crippen LogP contribution in [0.25, 0.3) is 11.5 Å². The van der Waals surface area contributed by atoms with E-state index in [0.29, 0.717) is 36.5 Å². The van der Waals surface area contributed by atoms with Gasteiger partial charge < -0.3 is 14.6 Å². The van der Waals surface area contributed by atoms with Crippen molar-refractivity contribution in [1.82, 2.24) is 4.98 Å². The largest absolute Gasteiger partial charge is 0.508 e. The molecule has 1 aromatic heterocycles. The van der Waals surface area contributed by atoms with Gasteiger partial charge in [-0.05, 0) is 31.0 Å². The number of aryl methyl sites for hydroxylation is 1. The highest BCUT2D eigenvalue weighted by Gasteiger charge is 2.28. The minimum absolute atomic E-state index is 0.150. The molecule has 0 amide bonds. The second-order valence-electron chi connectivity index (χ2n) is 4.72. The molecule has 2 N–H and O–H groups in total. The Bertz CT molecular complexity index is 632. The van der Waals surface area contributed by atoms with Crippen molar-refractivity contribution in [2.24, 2.45) is 5.92 Å². The molecule has 19 heavy (non-hydrogen) atoms. The van der Waals surface area contributed by atoms with Gasteiger partial charge in [0, 0.05) is 12.0 Å². The first-order valence-electron chi connectivity index (χ1n) is 6.14. The van der Waals surface area contributed by atoms with Crippen molar-refractivity contribution in [2.75, 3.05) is 0 Å². The van der Waals surface area contributed by atoms with Gasteiger partial charge in [-0.2, -0.15) is 0 Å². The molecule has 0 saturated heterocycles. The van der Waals surface area contributed by atoms with Gasteiger partial charge in [-0.3, -0.25) is 4.79 Å². The molecule has 3 rings (SSSR count). The number of phenolic OH excluding ortho intramolecular Hbond substituents is 1. The number of phenols is 1. The van der Waals surface area contributed by atoms with Crippen LogP contribution in [0.4, 0.5) is 0 Å². The third-order valence-corrected chi connectivity index (χ3v) is 3.38. The first-order valence-corrected chi connectivity index (χ1v) is 6.14. The van der Waals surface area contributed by atoms with E-state index in [4.69, 9.17) is 9.52 Å². The summed E-state index contributed by atoms with van der Waals surface area (Å²) in [7, 11) is 0. The van der Waals surface area contributed by atoms with Crippen LogP contribution in [-0.4, -0.2) is 21.2 Å². The summed E-state index contributed by atoms with van der Waals surface area (Å²) in [6.07, 6.45) is 1.60. The van der Waals surface area contributed by atoms with Crippen LogP contribution < -0.4 is 0 Å². The molecule has 1 heterocycles. The minimum atomic E-state index is -0.791. The summed E-state index contributed by atoms with van der Waals surface area (Å²) >= 11 is 0. The van der Waals surface area contributed by atoms with E-state index in [2.05, 4.69) is 4.98 Å². The second-order valence-corrected chi connectivity index (χ2v) is 4.72. The second kappa shape index (κ2) is 4.42. The number of aromatic nitrogens is 1. The van der Waals surface area contributed by atoms with Gasteiger partial charge in [0.25, 0.3) is 0 Å². The standard InChI is InChI=1S/C14H13NO4/c16-10-3-1-2-8(6-10)13-15-11-5-4-9(14(17)18)7-12(11)19-13/h1-3,6,9,16H,4-5,7H2,(H,17,18). The Morgan fingerprint density at radius 1 is 1.42 bits per heavy atom. The topological polar surface area (TPSA) is 83.6 Å². The van der Waals surface area contributed by atoms with Crippen molar-refractivity contribution >= 4 is 5.97 Å². The summed E-state index contributed by atoms with van der Waals surface area (Å²) in [4.78, 5) is 15.4. The van der Waals surface area contributed by atoms with Crippen LogP contribution in [0.3, 0.4) is 0 Å². The van der Waals surface area contributed by atoms with Gasteiger partial charge in [0.05, 0.1) is 11.6 Å². The predicted molar refractivity (Wildman–Crippen MR) is 66.8 cm³/mol. The van der Waals surface area contributed by atoms with Crippen molar-refractivity contribution < 1.29 is 19.4 Å². The lowest BCUT2D eigenvalue weighted by Crippen LogP contribution is -2.21. The average molecular weight is 259 g/mol. The van der Waals surface area contributed by atoms with Crippen molar-refractivity contribution in [2.45, 2.75) is 19.3 Å². The average Bonchev–Trinajstić information content (AvgIpc) is 2.81. The number of aliphatic carboxylic acids is 1. The number of nitrogens with zero attached hydrogens (tertiary/aromatic N) is 1. The molecule has 1 atom stereocenters. The van der Waals surface area contributed by atoms with Crippen molar-refractivity contribution in [1.29, 1.82) is 0 Å². The number of fused-ring (bicyclic) bond motifs is 1. The summed E-state index contributed by atoms with van der Waals surface area (Å²) in [6, 6.07) is 6.67. The van der Waals surface area contributed by atoms with Crippen molar-refractivity contribution in [3.8, 4) is 17.2 Å². The van der Waals surface area contributed by atoms with E-state index < -0.39 is 11.9 Å². The molecule has 0 radical (unpaired) electrons. The van der Waals surface area contributed by atoms with E-state index in [9.17, 15) is 9.90 Å². The lowest BCUT2D eigenvalue weighted by Gasteiger charge is -2.15. The van der Waals surface area contributed by atoms with Crippen LogP contribution >= 0.6 is 0 Å². The molecular formula is C14H13NO4. The van der Waals surface area contributed by atoms with Crippen LogP contribution in [0.2, 0.25) is 0 Å². The number of benzene rings is 1. The number of hydrogen-bond acceptors (Lipinski definition) is 4. The number of hydrogen-bond donors (Lipinski definition) is 2. The molecule has 5 heteroatoms. The molecule has 0 bridgehead atoms. The van der Waals surface area contributed by atoms with Crippen LogP contribution in [0.5, 0.6) is 5.75 Å². The summed E-state index contributed by atoms with van der Waals surface area (Å²) in [6.45, 7) is 0. The molecule has 98 valence electrons. The fourth-order valence-electron chi connectivity index (χ4n) is 2.35. The first kappa shape index (κ1) is 11.8. The van der Waals surface area contributed by atoms with Gasteiger partial charge in [-0.25, -0.2) is 4.98 Å². The molecule has 1 aliphatic rings. The number of carboxylic acids is 1. The van der Waals surface area contributed by atoms with Crippen LogP contribution in [0, 0.1) is 5.92 Å². The highest BCUT2D eigenvalue weighted by Crippen LogP contribution is 2.31. The number of aromatic hydroxyl groups is 1. The molecular weight excluding hydrogens is 246 g/mol.